The number of carbonyl (C=O) groups is 1. The first-order valence-corrected chi connectivity index (χ1v) is 7.92. The van der Waals surface area contributed by atoms with Gasteiger partial charge in [-0.05, 0) is 24.6 Å². The topological polar surface area (TPSA) is 49.3 Å². The predicted octanol–water partition coefficient (Wildman–Crippen LogP) is 2.59. The van der Waals surface area contributed by atoms with Crippen molar-refractivity contribution in [3.63, 3.8) is 0 Å². The van der Waals surface area contributed by atoms with Gasteiger partial charge in [0.1, 0.15) is 0 Å². The second-order valence-corrected chi connectivity index (χ2v) is 6.45. The summed E-state index contributed by atoms with van der Waals surface area (Å²) in [5.74, 6) is 0.617. The molecule has 3 nitrogen and oxygen atoms in total. The lowest BCUT2D eigenvalue weighted by Gasteiger charge is -2.12. The average molecular weight is 342 g/mol. The van der Waals surface area contributed by atoms with Crippen LogP contribution in [0, 0.1) is 5.92 Å². The van der Waals surface area contributed by atoms with Crippen molar-refractivity contribution in [1.82, 2.24) is 5.32 Å². The number of rotatable bonds is 5. The third-order valence-electron chi connectivity index (χ3n) is 2.92. The van der Waals surface area contributed by atoms with Gasteiger partial charge in [-0.1, -0.05) is 34.1 Å². The zero-order valence-corrected chi connectivity index (χ0v) is 12.8. The average Bonchev–Trinajstić information content (AvgIpc) is 2.84. The van der Waals surface area contributed by atoms with Crippen LogP contribution in [0.25, 0.3) is 0 Å². The van der Waals surface area contributed by atoms with Gasteiger partial charge < -0.3 is 10.4 Å². The summed E-state index contributed by atoms with van der Waals surface area (Å²) in [6, 6.07) is 7.96. The van der Waals surface area contributed by atoms with Crippen molar-refractivity contribution < 1.29 is 9.90 Å². The lowest BCUT2D eigenvalue weighted by atomic mass is 10.1. The van der Waals surface area contributed by atoms with Crippen molar-refractivity contribution in [3.8, 4) is 0 Å². The van der Waals surface area contributed by atoms with Crippen molar-refractivity contribution >= 4 is 33.6 Å². The normalized spacial score (nSPS) is 21.6. The van der Waals surface area contributed by atoms with E-state index in [1.165, 1.54) is 11.8 Å². The van der Waals surface area contributed by atoms with Crippen molar-refractivity contribution in [3.05, 3.63) is 40.9 Å². The lowest BCUT2D eigenvalue weighted by Crippen LogP contribution is -2.34. The van der Waals surface area contributed by atoms with Gasteiger partial charge in [0.15, 0.2) is 0 Å². The van der Waals surface area contributed by atoms with Gasteiger partial charge in [-0.15, -0.1) is 11.8 Å². The molecule has 0 aromatic heterocycles. The fourth-order valence-corrected chi connectivity index (χ4v) is 3.29. The number of carbonyl (C=O) groups excluding carboxylic acids is 1. The molecule has 0 fully saturated rings. The number of hydrogen-bond acceptors (Lipinski definition) is 3. The molecule has 0 heterocycles. The van der Waals surface area contributed by atoms with E-state index < -0.39 is 0 Å². The highest BCUT2D eigenvalue weighted by molar-refractivity contribution is 9.10. The Kier molecular flexibility index (Phi) is 5.48. The largest absolute Gasteiger partial charge is 0.396 e. The molecular formula is C14H16BrNO2S. The summed E-state index contributed by atoms with van der Waals surface area (Å²) in [6.45, 7) is 0.148. The number of hydrogen-bond donors (Lipinski definition) is 2. The molecule has 1 amide bonds. The third-order valence-corrected chi connectivity index (χ3v) is 4.41. The van der Waals surface area contributed by atoms with Crippen molar-refractivity contribution in [2.75, 3.05) is 12.4 Å². The monoisotopic (exact) mass is 341 g/mol. The maximum absolute atomic E-state index is 11.8. The molecular weight excluding hydrogens is 326 g/mol. The van der Waals surface area contributed by atoms with E-state index in [-0.39, 0.29) is 24.5 Å². The van der Waals surface area contributed by atoms with Gasteiger partial charge in [0.2, 0.25) is 5.91 Å². The number of benzene rings is 1. The second-order valence-electron chi connectivity index (χ2n) is 4.48. The van der Waals surface area contributed by atoms with Crippen LogP contribution in [0.4, 0.5) is 0 Å². The first kappa shape index (κ1) is 14.6. The zero-order valence-electron chi connectivity index (χ0n) is 10.4. The van der Waals surface area contributed by atoms with Gasteiger partial charge in [0.25, 0.3) is 0 Å². The first-order chi connectivity index (χ1) is 9.17. The number of aliphatic hydroxyl groups is 1. The van der Waals surface area contributed by atoms with E-state index in [0.717, 1.165) is 15.8 Å². The molecule has 0 saturated heterocycles. The highest BCUT2D eigenvalue weighted by Crippen LogP contribution is 2.22. The van der Waals surface area contributed by atoms with E-state index in [9.17, 15) is 4.79 Å². The van der Waals surface area contributed by atoms with Crippen LogP contribution in [0.15, 0.2) is 45.8 Å². The summed E-state index contributed by atoms with van der Waals surface area (Å²) in [4.78, 5) is 12.9. The zero-order chi connectivity index (χ0) is 13.7. The summed E-state index contributed by atoms with van der Waals surface area (Å²) in [6.07, 6.45) is 4.72. The number of halogens is 1. The van der Waals surface area contributed by atoms with Crippen molar-refractivity contribution in [2.24, 2.45) is 5.92 Å². The summed E-state index contributed by atoms with van der Waals surface area (Å²) in [7, 11) is 0. The fraction of sp³-hybridized carbons (Fsp3) is 0.357. The third kappa shape index (κ3) is 4.67. The van der Waals surface area contributed by atoms with Crippen LogP contribution < -0.4 is 5.32 Å². The van der Waals surface area contributed by atoms with E-state index in [1.807, 2.05) is 36.4 Å². The smallest absolute Gasteiger partial charge is 0.230 e. The van der Waals surface area contributed by atoms with Gasteiger partial charge in [0, 0.05) is 27.9 Å². The Labute approximate surface area is 125 Å². The molecule has 0 spiro atoms. The van der Waals surface area contributed by atoms with Gasteiger partial charge >= 0.3 is 0 Å². The van der Waals surface area contributed by atoms with Crippen LogP contribution in [0.3, 0.4) is 0 Å². The van der Waals surface area contributed by atoms with E-state index in [4.69, 9.17) is 5.11 Å². The molecule has 0 aliphatic heterocycles. The van der Waals surface area contributed by atoms with E-state index in [1.54, 1.807) is 0 Å². The van der Waals surface area contributed by atoms with Crippen molar-refractivity contribution in [1.29, 1.82) is 0 Å². The molecule has 2 atom stereocenters. The molecule has 1 aromatic carbocycles. The van der Waals surface area contributed by atoms with E-state index >= 15 is 0 Å². The highest BCUT2D eigenvalue weighted by Gasteiger charge is 2.19. The fourth-order valence-electron chi connectivity index (χ4n) is 1.97. The number of thioether (sulfide) groups is 1. The Bertz CT molecular complexity index is 478. The van der Waals surface area contributed by atoms with Crippen LogP contribution in [-0.2, 0) is 4.79 Å². The minimum atomic E-state index is 0.0261. The highest BCUT2D eigenvalue weighted by atomic mass is 79.9. The Morgan fingerprint density at radius 3 is 3.00 bits per heavy atom. The van der Waals surface area contributed by atoms with Crippen LogP contribution in [0.1, 0.15) is 6.42 Å². The molecule has 2 rings (SSSR count). The van der Waals surface area contributed by atoms with Crippen LogP contribution in [-0.4, -0.2) is 29.4 Å². The number of nitrogens with one attached hydrogen (secondary N) is 1. The molecule has 102 valence electrons. The second kappa shape index (κ2) is 7.12. The molecule has 0 radical (unpaired) electrons. The predicted molar refractivity (Wildman–Crippen MR) is 81.1 cm³/mol. The minimum absolute atomic E-state index is 0.0261. The number of amides is 1. The maximum atomic E-state index is 11.8. The summed E-state index contributed by atoms with van der Waals surface area (Å²) >= 11 is 4.93. The molecule has 0 unspecified atom stereocenters. The summed E-state index contributed by atoms with van der Waals surface area (Å²) in [5.41, 5.74) is 0. The van der Waals surface area contributed by atoms with E-state index in [0.29, 0.717) is 5.75 Å². The summed E-state index contributed by atoms with van der Waals surface area (Å²) in [5, 5.41) is 12.0. The Morgan fingerprint density at radius 2 is 2.32 bits per heavy atom. The van der Waals surface area contributed by atoms with Gasteiger partial charge in [-0.3, -0.25) is 4.79 Å². The minimum Gasteiger partial charge on any atom is -0.396 e. The van der Waals surface area contributed by atoms with Gasteiger partial charge in [-0.2, -0.15) is 0 Å². The quantitative estimate of drug-likeness (QED) is 0.639. The van der Waals surface area contributed by atoms with Crippen LogP contribution in [0.5, 0.6) is 0 Å². The van der Waals surface area contributed by atoms with Gasteiger partial charge in [0.05, 0.1) is 5.75 Å². The maximum Gasteiger partial charge on any atom is 0.230 e. The van der Waals surface area contributed by atoms with Crippen LogP contribution in [0.2, 0.25) is 0 Å². The lowest BCUT2D eigenvalue weighted by molar-refractivity contribution is -0.119. The van der Waals surface area contributed by atoms with E-state index in [2.05, 4.69) is 21.2 Å². The first-order valence-electron chi connectivity index (χ1n) is 6.14. The number of aliphatic hydroxyl groups excluding tert-OH is 1. The Hall–Kier alpha value is -0.780. The molecule has 19 heavy (non-hydrogen) atoms. The molecule has 2 N–H and O–H groups in total. The molecule has 1 aliphatic rings. The molecule has 1 aromatic rings. The SMILES string of the molecule is O=C(CSc1cccc(Br)c1)N[C@@H]1C=C[C@H](CO)C1. The van der Waals surface area contributed by atoms with Crippen molar-refractivity contribution in [2.45, 2.75) is 17.4 Å². The Morgan fingerprint density at radius 1 is 1.47 bits per heavy atom. The molecule has 5 heteroatoms. The molecule has 0 bridgehead atoms. The van der Waals surface area contributed by atoms with Gasteiger partial charge in [-0.25, -0.2) is 0 Å². The molecule has 0 saturated carbocycles. The molecule has 1 aliphatic carbocycles. The van der Waals surface area contributed by atoms with Crippen LogP contribution >= 0.6 is 27.7 Å². The summed E-state index contributed by atoms with van der Waals surface area (Å²) < 4.78 is 1.02. The Balaban J connectivity index is 1.75. The standard InChI is InChI=1S/C14H16BrNO2S/c15-11-2-1-3-13(7-11)19-9-14(18)16-12-5-4-10(6-12)8-17/h1-5,7,10,12,17H,6,8-9H2,(H,16,18)/t10-,12+/m0/s1.